The molecular formula is C23H22N4. The zero-order chi connectivity index (χ0) is 18.8. The van der Waals surface area contributed by atoms with Crippen molar-refractivity contribution in [2.45, 2.75) is 20.8 Å². The van der Waals surface area contributed by atoms with Crippen LogP contribution < -0.4 is 5.43 Å². The lowest BCUT2D eigenvalue weighted by molar-refractivity contribution is 0.833. The van der Waals surface area contributed by atoms with Crippen LogP contribution >= 0.6 is 0 Å². The fourth-order valence-electron chi connectivity index (χ4n) is 3.27. The standard InChI is InChI=1S/C23H22N4/c1-16-11-13-20(14-12-16)27-18(3)22(17(2)26-27)15-24-25-23-10-6-8-19-7-4-5-9-21(19)23/h4-15,25H,1-3H3/b24-15-. The summed E-state index contributed by atoms with van der Waals surface area (Å²) in [5, 5.41) is 11.5. The fraction of sp³-hybridized carbons (Fsp3) is 0.130. The maximum Gasteiger partial charge on any atom is 0.0689 e. The molecule has 3 aromatic carbocycles. The lowest BCUT2D eigenvalue weighted by Crippen LogP contribution is -1.99. The summed E-state index contributed by atoms with van der Waals surface area (Å²) in [6, 6.07) is 22.8. The van der Waals surface area contributed by atoms with Crippen molar-refractivity contribution in [3.05, 3.63) is 89.2 Å². The largest absolute Gasteiger partial charge is 0.278 e. The number of benzene rings is 3. The minimum Gasteiger partial charge on any atom is -0.278 e. The van der Waals surface area contributed by atoms with E-state index >= 15 is 0 Å². The van der Waals surface area contributed by atoms with E-state index < -0.39 is 0 Å². The van der Waals surface area contributed by atoms with Gasteiger partial charge in [-0.1, -0.05) is 54.1 Å². The van der Waals surface area contributed by atoms with Crippen LogP contribution in [0.5, 0.6) is 0 Å². The molecule has 0 spiro atoms. The SMILES string of the molecule is Cc1ccc(-n2nc(C)c(/C=N\Nc3cccc4ccccc34)c2C)cc1. The van der Waals surface area contributed by atoms with Crippen molar-refractivity contribution in [1.29, 1.82) is 0 Å². The minimum atomic E-state index is 0.955. The first-order valence-electron chi connectivity index (χ1n) is 9.03. The van der Waals surface area contributed by atoms with Crippen molar-refractivity contribution < 1.29 is 0 Å². The molecule has 0 aliphatic rings. The summed E-state index contributed by atoms with van der Waals surface area (Å²) in [4.78, 5) is 0. The number of rotatable bonds is 4. The molecule has 27 heavy (non-hydrogen) atoms. The second-order valence-corrected chi connectivity index (χ2v) is 6.73. The molecule has 0 saturated carbocycles. The van der Waals surface area contributed by atoms with Crippen molar-refractivity contribution in [2.75, 3.05) is 5.43 Å². The first-order valence-corrected chi connectivity index (χ1v) is 9.03. The van der Waals surface area contributed by atoms with Gasteiger partial charge in [-0.15, -0.1) is 0 Å². The Labute approximate surface area is 159 Å². The molecule has 4 aromatic rings. The molecule has 0 bridgehead atoms. The summed E-state index contributed by atoms with van der Waals surface area (Å²) in [5.74, 6) is 0. The molecule has 0 aliphatic heterocycles. The molecule has 0 fully saturated rings. The van der Waals surface area contributed by atoms with Crippen molar-refractivity contribution in [2.24, 2.45) is 5.10 Å². The molecule has 1 N–H and O–H groups in total. The van der Waals surface area contributed by atoms with Gasteiger partial charge in [0.2, 0.25) is 0 Å². The maximum atomic E-state index is 4.68. The molecule has 4 nitrogen and oxygen atoms in total. The quantitative estimate of drug-likeness (QED) is 0.394. The third kappa shape index (κ3) is 3.34. The Morgan fingerprint density at radius 2 is 1.63 bits per heavy atom. The maximum absolute atomic E-state index is 4.68. The van der Waals surface area contributed by atoms with Crippen molar-refractivity contribution in [3.63, 3.8) is 0 Å². The Morgan fingerprint density at radius 1 is 0.889 bits per heavy atom. The third-order valence-corrected chi connectivity index (χ3v) is 4.79. The van der Waals surface area contributed by atoms with Crippen LogP contribution in [0.1, 0.15) is 22.5 Å². The first-order chi connectivity index (χ1) is 13.1. The van der Waals surface area contributed by atoms with Gasteiger partial charge in [-0.3, -0.25) is 5.43 Å². The van der Waals surface area contributed by atoms with E-state index in [2.05, 4.69) is 71.9 Å². The van der Waals surface area contributed by atoms with Gasteiger partial charge in [0.05, 0.1) is 29.0 Å². The van der Waals surface area contributed by atoms with E-state index in [4.69, 9.17) is 0 Å². The van der Waals surface area contributed by atoms with Crippen molar-refractivity contribution in [1.82, 2.24) is 9.78 Å². The zero-order valence-corrected chi connectivity index (χ0v) is 15.8. The van der Waals surface area contributed by atoms with Crippen LogP contribution in [0, 0.1) is 20.8 Å². The Kier molecular flexibility index (Phi) is 4.47. The van der Waals surface area contributed by atoms with E-state index in [-0.39, 0.29) is 0 Å². The zero-order valence-electron chi connectivity index (χ0n) is 15.8. The smallest absolute Gasteiger partial charge is 0.0689 e. The lowest BCUT2D eigenvalue weighted by Gasteiger charge is -2.06. The van der Waals surface area contributed by atoms with E-state index in [1.165, 1.54) is 10.9 Å². The number of hydrogen-bond acceptors (Lipinski definition) is 3. The molecule has 1 aromatic heterocycles. The second kappa shape index (κ2) is 7.08. The summed E-state index contributed by atoms with van der Waals surface area (Å²) in [5.41, 5.74) is 9.52. The van der Waals surface area contributed by atoms with Crippen LogP contribution in [-0.2, 0) is 0 Å². The summed E-state index contributed by atoms with van der Waals surface area (Å²) in [6.45, 7) is 6.16. The van der Waals surface area contributed by atoms with Crippen molar-refractivity contribution >= 4 is 22.7 Å². The monoisotopic (exact) mass is 354 g/mol. The summed E-state index contributed by atoms with van der Waals surface area (Å²) in [6.07, 6.45) is 1.85. The molecular weight excluding hydrogens is 332 g/mol. The predicted molar refractivity (Wildman–Crippen MR) is 113 cm³/mol. The average Bonchev–Trinajstić information content (AvgIpc) is 2.97. The number of nitrogens with one attached hydrogen (secondary N) is 1. The van der Waals surface area contributed by atoms with Crippen LogP contribution in [0.25, 0.3) is 16.5 Å². The summed E-state index contributed by atoms with van der Waals surface area (Å²) in [7, 11) is 0. The number of aryl methyl sites for hydroxylation is 2. The van der Waals surface area contributed by atoms with Crippen LogP contribution in [0.4, 0.5) is 5.69 Å². The van der Waals surface area contributed by atoms with Gasteiger partial charge in [0.1, 0.15) is 0 Å². The number of hydrogen-bond donors (Lipinski definition) is 1. The minimum absolute atomic E-state index is 0.955. The Morgan fingerprint density at radius 3 is 2.44 bits per heavy atom. The van der Waals surface area contributed by atoms with Gasteiger partial charge in [0.15, 0.2) is 0 Å². The molecule has 0 radical (unpaired) electrons. The van der Waals surface area contributed by atoms with Crippen LogP contribution in [0.3, 0.4) is 0 Å². The fourth-order valence-corrected chi connectivity index (χ4v) is 3.27. The van der Waals surface area contributed by atoms with Gasteiger partial charge < -0.3 is 0 Å². The van der Waals surface area contributed by atoms with Crippen LogP contribution in [0.2, 0.25) is 0 Å². The summed E-state index contributed by atoms with van der Waals surface area (Å²) >= 11 is 0. The normalized spacial score (nSPS) is 11.4. The second-order valence-electron chi connectivity index (χ2n) is 6.73. The third-order valence-electron chi connectivity index (χ3n) is 4.79. The van der Waals surface area contributed by atoms with Crippen LogP contribution in [-0.4, -0.2) is 16.0 Å². The van der Waals surface area contributed by atoms with E-state index in [9.17, 15) is 0 Å². The Balaban J connectivity index is 1.62. The summed E-state index contributed by atoms with van der Waals surface area (Å²) < 4.78 is 1.97. The van der Waals surface area contributed by atoms with Gasteiger partial charge in [0.25, 0.3) is 0 Å². The van der Waals surface area contributed by atoms with Gasteiger partial charge in [-0.25, -0.2) is 4.68 Å². The van der Waals surface area contributed by atoms with E-state index in [0.717, 1.165) is 33.7 Å². The molecule has 134 valence electrons. The van der Waals surface area contributed by atoms with Crippen molar-refractivity contribution in [3.8, 4) is 5.69 Å². The number of anilines is 1. The Hall–Kier alpha value is -3.40. The number of fused-ring (bicyclic) bond motifs is 1. The Bertz CT molecular complexity index is 1120. The molecule has 0 amide bonds. The highest BCUT2D eigenvalue weighted by Gasteiger charge is 2.11. The number of nitrogens with zero attached hydrogens (tertiary/aromatic N) is 3. The highest BCUT2D eigenvalue weighted by atomic mass is 15.3. The molecule has 4 rings (SSSR count). The lowest BCUT2D eigenvalue weighted by atomic mass is 10.1. The highest BCUT2D eigenvalue weighted by molar-refractivity contribution is 5.94. The highest BCUT2D eigenvalue weighted by Crippen LogP contribution is 2.23. The van der Waals surface area contributed by atoms with E-state index in [1.807, 2.05) is 42.1 Å². The van der Waals surface area contributed by atoms with Gasteiger partial charge >= 0.3 is 0 Å². The average molecular weight is 354 g/mol. The molecule has 4 heteroatoms. The molecule has 0 aliphatic carbocycles. The molecule has 0 unspecified atom stereocenters. The predicted octanol–water partition coefficient (Wildman–Crippen LogP) is 5.40. The van der Waals surface area contributed by atoms with Gasteiger partial charge in [-0.2, -0.15) is 10.2 Å². The van der Waals surface area contributed by atoms with Gasteiger partial charge in [0, 0.05) is 10.9 Å². The molecule has 0 saturated heterocycles. The first kappa shape index (κ1) is 17.0. The number of aromatic nitrogens is 2. The molecule has 1 heterocycles. The molecule has 0 atom stereocenters. The van der Waals surface area contributed by atoms with Gasteiger partial charge in [-0.05, 0) is 44.4 Å². The topological polar surface area (TPSA) is 42.2 Å². The van der Waals surface area contributed by atoms with Crippen LogP contribution in [0.15, 0.2) is 71.8 Å². The van der Waals surface area contributed by atoms with E-state index in [0.29, 0.717) is 0 Å². The number of hydrazone groups is 1. The van der Waals surface area contributed by atoms with E-state index in [1.54, 1.807) is 0 Å².